The SMILES string of the molecule is Cc1ccc2sc(S(=O)(=O)F)c(C)c2c1. The van der Waals surface area contributed by atoms with Gasteiger partial charge >= 0.3 is 10.2 Å². The number of halogens is 1. The Morgan fingerprint density at radius 2 is 1.93 bits per heavy atom. The van der Waals surface area contributed by atoms with Crippen LogP contribution in [0.5, 0.6) is 0 Å². The molecule has 0 amide bonds. The molecule has 15 heavy (non-hydrogen) atoms. The van der Waals surface area contributed by atoms with Crippen LogP contribution >= 0.6 is 11.3 Å². The van der Waals surface area contributed by atoms with Gasteiger partial charge in [-0.25, -0.2) is 0 Å². The zero-order valence-electron chi connectivity index (χ0n) is 8.24. The summed E-state index contributed by atoms with van der Waals surface area (Å²) >= 11 is 0.977. The van der Waals surface area contributed by atoms with E-state index < -0.39 is 10.2 Å². The van der Waals surface area contributed by atoms with Crippen molar-refractivity contribution in [2.24, 2.45) is 0 Å². The van der Waals surface area contributed by atoms with Crippen LogP contribution in [0.3, 0.4) is 0 Å². The minimum absolute atomic E-state index is 0.178. The summed E-state index contributed by atoms with van der Waals surface area (Å²) in [6, 6.07) is 5.57. The lowest BCUT2D eigenvalue weighted by Crippen LogP contribution is -1.89. The van der Waals surface area contributed by atoms with Crippen molar-refractivity contribution in [2.45, 2.75) is 18.1 Å². The Balaban J connectivity index is 2.87. The largest absolute Gasteiger partial charge is 0.341 e. The first-order valence-corrected chi connectivity index (χ1v) is 6.54. The molecular weight excluding hydrogens is 235 g/mol. The summed E-state index contributed by atoms with van der Waals surface area (Å²) in [5.41, 5.74) is 1.53. The van der Waals surface area contributed by atoms with Gasteiger partial charge in [0.2, 0.25) is 0 Å². The smallest absolute Gasteiger partial charge is 0.188 e. The van der Waals surface area contributed by atoms with Gasteiger partial charge < -0.3 is 0 Å². The van der Waals surface area contributed by atoms with E-state index in [0.29, 0.717) is 5.56 Å². The first kappa shape index (κ1) is 10.6. The maximum atomic E-state index is 12.9. The third-order valence-corrected chi connectivity index (χ3v) is 4.93. The fourth-order valence-electron chi connectivity index (χ4n) is 1.54. The van der Waals surface area contributed by atoms with E-state index in [1.807, 2.05) is 25.1 Å². The van der Waals surface area contributed by atoms with E-state index in [-0.39, 0.29) is 4.21 Å². The second-order valence-electron chi connectivity index (χ2n) is 3.45. The summed E-state index contributed by atoms with van der Waals surface area (Å²) in [4.78, 5) is 0. The van der Waals surface area contributed by atoms with Gasteiger partial charge in [0.05, 0.1) is 0 Å². The van der Waals surface area contributed by atoms with Crippen molar-refractivity contribution in [3.05, 3.63) is 29.3 Å². The number of thiophene rings is 1. The molecule has 0 bridgehead atoms. The van der Waals surface area contributed by atoms with Crippen LogP contribution in [0, 0.1) is 13.8 Å². The summed E-state index contributed by atoms with van der Waals surface area (Å²) in [7, 11) is -4.59. The number of rotatable bonds is 1. The third kappa shape index (κ3) is 1.77. The van der Waals surface area contributed by atoms with Crippen molar-refractivity contribution in [2.75, 3.05) is 0 Å². The summed E-state index contributed by atoms with van der Waals surface area (Å²) in [5, 5.41) is 0.816. The predicted octanol–water partition coefficient (Wildman–Crippen LogP) is 3.18. The van der Waals surface area contributed by atoms with Crippen molar-refractivity contribution in [1.29, 1.82) is 0 Å². The van der Waals surface area contributed by atoms with Gasteiger partial charge in [0.15, 0.2) is 4.21 Å². The molecule has 0 atom stereocenters. The normalized spacial score (nSPS) is 12.2. The van der Waals surface area contributed by atoms with Crippen molar-refractivity contribution >= 4 is 31.6 Å². The first-order chi connectivity index (χ1) is 6.89. The molecule has 0 radical (unpaired) electrons. The van der Waals surface area contributed by atoms with Gasteiger partial charge in [0.25, 0.3) is 0 Å². The lowest BCUT2D eigenvalue weighted by molar-refractivity contribution is 0.554. The van der Waals surface area contributed by atoms with E-state index in [9.17, 15) is 12.3 Å². The van der Waals surface area contributed by atoms with E-state index in [0.717, 1.165) is 27.0 Å². The maximum Gasteiger partial charge on any atom is 0.341 e. The molecule has 0 unspecified atom stereocenters. The molecule has 0 spiro atoms. The maximum absolute atomic E-state index is 12.9. The van der Waals surface area contributed by atoms with E-state index in [4.69, 9.17) is 0 Å². The molecule has 2 rings (SSSR count). The van der Waals surface area contributed by atoms with Crippen LogP contribution in [-0.2, 0) is 10.2 Å². The van der Waals surface area contributed by atoms with Crippen molar-refractivity contribution in [3.8, 4) is 0 Å². The number of aryl methyl sites for hydroxylation is 2. The zero-order valence-corrected chi connectivity index (χ0v) is 9.88. The lowest BCUT2D eigenvalue weighted by Gasteiger charge is -1.94. The highest BCUT2D eigenvalue weighted by Crippen LogP contribution is 2.35. The van der Waals surface area contributed by atoms with Gasteiger partial charge in [0, 0.05) is 4.70 Å². The zero-order chi connectivity index (χ0) is 11.2. The van der Waals surface area contributed by atoms with Gasteiger partial charge in [-0.3, -0.25) is 0 Å². The molecule has 0 N–H and O–H groups in total. The van der Waals surface area contributed by atoms with Crippen molar-refractivity contribution in [3.63, 3.8) is 0 Å². The van der Waals surface area contributed by atoms with E-state index in [1.54, 1.807) is 6.92 Å². The Hall–Kier alpha value is -0.940. The molecule has 1 aromatic carbocycles. The van der Waals surface area contributed by atoms with Crippen LogP contribution in [-0.4, -0.2) is 8.42 Å². The Morgan fingerprint density at radius 3 is 2.53 bits per heavy atom. The summed E-state index contributed by atoms with van der Waals surface area (Å²) in [5.74, 6) is 0. The molecular formula is C10H9FO2S2. The summed E-state index contributed by atoms with van der Waals surface area (Å²) in [6.07, 6.45) is 0. The Kier molecular flexibility index (Phi) is 2.31. The molecule has 2 nitrogen and oxygen atoms in total. The molecule has 0 fully saturated rings. The fourth-order valence-corrected chi connectivity index (χ4v) is 3.61. The second-order valence-corrected chi connectivity index (χ2v) is 6.05. The van der Waals surface area contributed by atoms with Crippen LogP contribution in [0.4, 0.5) is 3.89 Å². The second kappa shape index (κ2) is 3.28. The predicted molar refractivity (Wildman–Crippen MR) is 59.6 cm³/mol. The highest BCUT2D eigenvalue weighted by atomic mass is 32.3. The highest BCUT2D eigenvalue weighted by Gasteiger charge is 2.20. The topological polar surface area (TPSA) is 34.1 Å². The highest BCUT2D eigenvalue weighted by molar-refractivity contribution is 7.88. The molecule has 0 aliphatic carbocycles. The molecule has 1 heterocycles. The average Bonchev–Trinajstić information content (AvgIpc) is 2.43. The number of fused-ring (bicyclic) bond motifs is 1. The molecule has 5 heteroatoms. The molecule has 0 aliphatic heterocycles. The fraction of sp³-hybridized carbons (Fsp3) is 0.200. The molecule has 0 saturated carbocycles. The monoisotopic (exact) mass is 244 g/mol. The van der Waals surface area contributed by atoms with Crippen LogP contribution < -0.4 is 0 Å². The van der Waals surface area contributed by atoms with E-state index in [2.05, 4.69) is 0 Å². The number of hydrogen-bond acceptors (Lipinski definition) is 3. The summed E-state index contributed by atoms with van der Waals surface area (Å²) < 4.78 is 35.2. The van der Waals surface area contributed by atoms with Gasteiger partial charge in [0.1, 0.15) is 0 Å². The standard InChI is InChI=1S/C10H9FO2S2/c1-6-3-4-9-8(5-6)7(2)10(14-9)15(11,12)13/h3-5H,1-2H3. The molecule has 0 saturated heterocycles. The molecule has 1 aromatic heterocycles. The average molecular weight is 244 g/mol. The Labute approximate surface area is 91.6 Å². The van der Waals surface area contributed by atoms with Gasteiger partial charge in [-0.1, -0.05) is 21.6 Å². The third-order valence-electron chi connectivity index (χ3n) is 2.27. The summed E-state index contributed by atoms with van der Waals surface area (Å²) in [6.45, 7) is 3.55. The van der Waals surface area contributed by atoms with Gasteiger partial charge in [-0.15, -0.1) is 11.3 Å². The van der Waals surface area contributed by atoms with Crippen LogP contribution in [0.15, 0.2) is 22.4 Å². The van der Waals surface area contributed by atoms with Crippen LogP contribution in [0.2, 0.25) is 0 Å². The minimum Gasteiger partial charge on any atom is -0.188 e. The molecule has 0 aliphatic rings. The van der Waals surface area contributed by atoms with Gasteiger partial charge in [-0.2, -0.15) is 8.42 Å². The van der Waals surface area contributed by atoms with Gasteiger partial charge in [-0.05, 0) is 30.9 Å². The first-order valence-electron chi connectivity index (χ1n) is 4.34. The van der Waals surface area contributed by atoms with Crippen molar-refractivity contribution < 1.29 is 12.3 Å². The Morgan fingerprint density at radius 1 is 1.27 bits per heavy atom. The molecule has 80 valence electrons. The van der Waals surface area contributed by atoms with Crippen LogP contribution in [0.25, 0.3) is 10.1 Å². The lowest BCUT2D eigenvalue weighted by atomic mass is 10.1. The number of hydrogen-bond donors (Lipinski definition) is 0. The molecule has 2 aromatic rings. The van der Waals surface area contributed by atoms with Crippen LogP contribution in [0.1, 0.15) is 11.1 Å². The van der Waals surface area contributed by atoms with E-state index >= 15 is 0 Å². The Bertz CT molecular complexity index is 626. The van der Waals surface area contributed by atoms with E-state index in [1.165, 1.54) is 0 Å². The quantitative estimate of drug-likeness (QED) is 0.722. The minimum atomic E-state index is -4.59. The van der Waals surface area contributed by atoms with Crippen molar-refractivity contribution in [1.82, 2.24) is 0 Å². The number of benzene rings is 1.